The van der Waals surface area contributed by atoms with Crippen LogP contribution in [0.5, 0.6) is 0 Å². The monoisotopic (exact) mass is 484 g/mol. The van der Waals surface area contributed by atoms with Crippen molar-refractivity contribution >= 4 is 11.8 Å². The summed E-state index contributed by atoms with van der Waals surface area (Å²) in [5.74, 6) is 0.439. The number of likely N-dealkylation sites (tertiary alicyclic amines) is 1. The molecule has 4 rings (SSSR count). The molecule has 3 aliphatic rings. The highest BCUT2D eigenvalue weighted by molar-refractivity contribution is 5.92. The van der Waals surface area contributed by atoms with Gasteiger partial charge < -0.3 is 26.0 Å². The summed E-state index contributed by atoms with van der Waals surface area (Å²) < 4.78 is 5.50. The molecule has 7 heteroatoms. The second-order valence-corrected chi connectivity index (χ2v) is 11.5. The van der Waals surface area contributed by atoms with Crippen LogP contribution >= 0.6 is 0 Å². The molecule has 0 unspecified atom stereocenters. The van der Waals surface area contributed by atoms with Gasteiger partial charge in [-0.3, -0.25) is 9.59 Å². The minimum absolute atomic E-state index is 0.0731. The van der Waals surface area contributed by atoms with Crippen LogP contribution in [0.4, 0.5) is 0 Å². The van der Waals surface area contributed by atoms with Gasteiger partial charge in [-0.25, -0.2) is 0 Å². The predicted molar refractivity (Wildman–Crippen MR) is 138 cm³/mol. The number of carbonyl (C=O) groups is 2. The van der Waals surface area contributed by atoms with E-state index < -0.39 is 11.6 Å². The number of hydrogen-bond acceptors (Lipinski definition) is 5. The summed E-state index contributed by atoms with van der Waals surface area (Å²) in [4.78, 5) is 28.9. The Kier molecular flexibility index (Phi) is 8.84. The summed E-state index contributed by atoms with van der Waals surface area (Å²) in [7, 11) is 0. The number of nitrogens with two attached hydrogens (primary N) is 1. The van der Waals surface area contributed by atoms with Crippen molar-refractivity contribution in [2.75, 3.05) is 39.4 Å². The Bertz CT molecular complexity index is 826. The third kappa shape index (κ3) is 7.28. The van der Waals surface area contributed by atoms with Crippen molar-refractivity contribution in [2.45, 2.75) is 76.3 Å². The van der Waals surface area contributed by atoms with Crippen molar-refractivity contribution in [1.29, 1.82) is 0 Å². The smallest absolute Gasteiger partial charge is 0.242 e. The molecule has 35 heavy (non-hydrogen) atoms. The van der Waals surface area contributed by atoms with E-state index in [1.807, 2.05) is 30.3 Å². The lowest BCUT2D eigenvalue weighted by Gasteiger charge is -2.41. The number of amides is 2. The largest absolute Gasteiger partial charge is 0.381 e. The lowest BCUT2D eigenvalue weighted by molar-refractivity contribution is -0.132. The third-order valence-electron chi connectivity index (χ3n) is 8.46. The number of nitrogens with zero attached hydrogens (tertiary/aromatic N) is 1. The van der Waals surface area contributed by atoms with Crippen LogP contribution in [-0.4, -0.2) is 67.7 Å². The minimum Gasteiger partial charge on any atom is -0.381 e. The molecule has 1 atom stereocenters. The van der Waals surface area contributed by atoms with Crippen molar-refractivity contribution in [3.63, 3.8) is 0 Å². The van der Waals surface area contributed by atoms with Crippen molar-refractivity contribution in [2.24, 2.45) is 17.1 Å². The fourth-order valence-corrected chi connectivity index (χ4v) is 5.76. The normalized spacial score (nSPS) is 23.5. The average molecular weight is 485 g/mol. The molecule has 1 saturated carbocycles. The van der Waals surface area contributed by atoms with Crippen LogP contribution in [0, 0.1) is 11.3 Å². The van der Waals surface area contributed by atoms with E-state index >= 15 is 0 Å². The number of hydrogen-bond donors (Lipinski definition) is 3. The molecule has 4 N–H and O–H groups in total. The molecule has 2 amide bonds. The summed E-state index contributed by atoms with van der Waals surface area (Å²) >= 11 is 0. The fourth-order valence-electron chi connectivity index (χ4n) is 5.76. The number of benzene rings is 1. The van der Waals surface area contributed by atoms with Crippen LogP contribution in [-0.2, 0) is 20.7 Å². The topological polar surface area (TPSA) is 96.7 Å². The number of piperidine rings is 1. The molecule has 194 valence electrons. The Balaban J connectivity index is 1.30. The summed E-state index contributed by atoms with van der Waals surface area (Å²) in [5, 5.41) is 6.19. The summed E-state index contributed by atoms with van der Waals surface area (Å²) in [6, 6.07) is 9.25. The first-order chi connectivity index (χ1) is 16.9. The van der Waals surface area contributed by atoms with E-state index in [9.17, 15) is 9.59 Å². The lowest BCUT2D eigenvalue weighted by atomic mass is 9.80. The molecule has 1 aliphatic carbocycles. The third-order valence-corrected chi connectivity index (χ3v) is 8.46. The maximum Gasteiger partial charge on any atom is 0.242 e. The first-order valence-electron chi connectivity index (χ1n) is 13.6. The van der Waals surface area contributed by atoms with Crippen LogP contribution < -0.4 is 16.4 Å². The average Bonchev–Trinajstić information content (AvgIpc) is 3.33. The van der Waals surface area contributed by atoms with Gasteiger partial charge in [0.05, 0.1) is 5.54 Å². The van der Waals surface area contributed by atoms with Gasteiger partial charge in [0.15, 0.2) is 0 Å². The zero-order valence-corrected chi connectivity index (χ0v) is 21.4. The summed E-state index contributed by atoms with van der Waals surface area (Å²) in [6.07, 6.45) is 8.22. The van der Waals surface area contributed by atoms with Crippen LogP contribution in [0.15, 0.2) is 30.3 Å². The highest BCUT2D eigenvalue weighted by Crippen LogP contribution is 2.31. The van der Waals surface area contributed by atoms with Crippen LogP contribution in [0.1, 0.15) is 63.9 Å². The van der Waals surface area contributed by atoms with E-state index in [-0.39, 0.29) is 17.2 Å². The second kappa shape index (κ2) is 11.8. The van der Waals surface area contributed by atoms with Gasteiger partial charge in [-0.2, -0.15) is 0 Å². The lowest BCUT2D eigenvalue weighted by Crippen LogP contribution is -2.58. The second-order valence-electron chi connectivity index (χ2n) is 11.5. The van der Waals surface area contributed by atoms with Gasteiger partial charge in [-0.05, 0) is 68.5 Å². The maximum absolute atomic E-state index is 13.3. The van der Waals surface area contributed by atoms with E-state index in [1.54, 1.807) is 0 Å². The van der Waals surface area contributed by atoms with E-state index in [2.05, 4.69) is 22.5 Å². The molecule has 2 aliphatic heterocycles. The molecule has 2 saturated heterocycles. The Hall–Kier alpha value is -1.96. The van der Waals surface area contributed by atoms with Crippen LogP contribution in [0.2, 0.25) is 0 Å². The minimum atomic E-state index is -0.849. The zero-order valence-electron chi connectivity index (χ0n) is 21.4. The molecule has 0 aromatic heterocycles. The quantitative estimate of drug-likeness (QED) is 0.501. The molecule has 1 aromatic rings. The van der Waals surface area contributed by atoms with Crippen LogP contribution in [0.25, 0.3) is 0 Å². The number of carbonyl (C=O) groups excluding carboxylic acids is 2. The number of nitrogens with one attached hydrogen (secondary N) is 2. The number of ether oxygens (including phenoxy) is 1. The standard InChI is InChI=1S/C28H44N4O3/c1-27(13-15-32(16-14-27)20-23-9-17-35-18-10-23)21-30-25(33)24(19-22-7-3-2-4-8-22)31-26(34)28(29)11-5-6-12-28/h2-4,7-8,23-24H,5-6,9-21,29H2,1H3,(H,30,33)(H,31,34)/t24-/m1/s1. The Morgan fingerprint density at radius 2 is 1.74 bits per heavy atom. The molecule has 0 radical (unpaired) electrons. The highest BCUT2D eigenvalue weighted by atomic mass is 16.5. The SMILES string of the molecule is CC1(CNC(=O)[C@@H](Cc2ccccc2)NC(=O)C2(N)CCCC2)CCN(CC2CCOCC2)CC1. The maximum atomic E-state index is 13.3. The van der Waals surface area contributed by atoms with Gasteiger partial charge in [0.2, 0.25) is 11.8 Å². The van der Waals surface area contributed by atoms with E-state index in [4.69, 9.17) is 10.5 Å². The van der Waals surface area contributed by atoms with E-state index in [1.165, 1.54) is 12.8 Å². The van der Waals surface area contributed by atoms with Gasteiger partial charge in [-0.15, -0.1) is 0 Å². The molecule has 7 nitrogen and oxygen atoms in total. The van der Waals surface area contributed by atoms with Gasteiger partial charge in [-0.1, -0.05) is 50.1 Å². The predicted octanol–water partition coefficient (Wildman–Crippen LogP) is 2.63. The van der Waals surface area contributed by atoms with Crippen molar-refractivity contribution in [3.05, 3.63) is 35.9 Å². The fraction of sp³-hybridized carbons (Fsp3) is 0.714. The number of rotatable bonds is 9. The Morgan fingerprint density at radius 1 is 1.09 bits per heavy atom. The first-order valence-corrected chi connectivity index (χ1v) is 13.6. The highest BCUT2D eigenvalue weighted by Gasteiger charge is 2.39. The van der Waals surface area contributed by atoms with Gasteiger partial charge in [0, 0.05) is 32.7 Å². The van der Waals surface area contributed by atoms with Crippen molar-refractivity contribution < 1.29 is 14.3 Å². The van der Waals surface area contributed by atoms with Crippen LogP contribution in [0.3, 0.4) is 0 Å². The molecule has 1 aromatic carbocycles. The molecule has 2 heterocycles. The van der Waals surface area contributed by atoms with Gasteiger partial charge in [0.25, 0.3) is 0 Å². The molecule has 3 fully saturated rings. The van der Waals surface area contributed by atoms with E-state index in [0.29, 0.717) is 25.8 Å². The van der Waals surface area contributed by atoms with E-state index in [0.717, 1.165) is 70.0 Å². The Labute approximate surface area is 210 Å². The molecular weight excluding hydrogens is 440 g/mol. The zero-order chi connectivity index (χ0) is 24.7. The van der Waals surface area contributed by atoms with Crippen molar-refractivity contribution in [3.8, 4) is 0 Å². The Morgan fingerprint density at radius 3 is 2.40 bits per heavy atom. The van der Waals surface area contributed by atoms with Crippen molar-refractivity contribution in [1.82, 2.24) is 15.5 Å². The molecule has 0 bridgehead atoms. The van der Waals surface area contributed by atoms with Gasteiger partial charge >= 0.3 is 0 Å². The molecular formula is C28H44N4O3. The molecule has 0 spiro atoms. The summed E-state index contributed by atoms with van der Waals surface area (Å²) in [5.41, 5.74) is 6.63. The first kappa shape index (κ1) is 26.1. The van der Waals surface area contributed by atoms with Gasteiger partial charge in [0.1, 0.15) is 6.04 Å². The summed E-state index contributed by atoms with van der Waals surface area (Å²) in [6.45, 7) is 8.01.